The normalized spacial score (nSPS) is 24.9. The molecule has 0 aromatic heterocycles. The highest BCUT2D eigenvalue weighted by molar-refractivity contribution is 6.31. The molecular weight excluding hydrogens is 536 g/mol. The van der Waals surface area contributed by atoms with Crippen molar-refractivity contribution < 1.29 is 23.1 Å². The summed E-state index contributed by atoms with van der Waals surface area (Å²) >= 11 is 5.80. The van der Waals surface area contributed by atoms with Crippen LogP contribution in [0.2, 0.25) is 5.02 Å². The predicted molar refractivity (Wildman–Crippen MR) is 151 cm³/mol. The van der Waals surface area contributed by atoms with Crippen molar-refractivity contribution in [1.82, 2.24) is 14.7 Å². The third kappa shape index (κ3) is 6.28. The summed E-state index contributed by atoms with van der Waals surface area (Å²) in [7, 11) is 0. The fourth-order valence-electron chi connectivity index (χ4n) is 7.56. The minimum atomic E-state index is -0.993. The Morgan fingerprint density at radius 2 is 1.75 bits per heavy atom. The SMILES string of the molecule is CCCCC1CN(CC2CCCCC2)C(=O)OC12CCN(C1CCN(C(=O)c3c(F)ccc(Cl)c3F)CC1)CC2. The molecule has 3 heterocycles. The highest BCUT2D eigenvalue weighted by atomic mass is 35.5. The van der Waals surface area contributed by atoms with E-state index in [0.29, 0.717) is 31.0 Å². The quantitative estimate of drug-likeness (QED) is 0.330. The average Bonchev–Trinajstić information content (AvgIpc) is 2.97. The molecule has 1 aromatic rings. The first kappa shape index (κ1) is 29.6. The summed E-state index contributed by atoms with van der Waals surface area (Å²) in [5.74, 6) is -1.55. The van der Waals surface area contributed by atoms with Crippen LogP contribution in [0.15, 0.2) is 12.1 Å². The number of hydrogen-bond donors (Lipinski definition) is 0. The van der Waals surface area contributed by atoms with Gasteiger partial charge in [-0.15, -0.1) is 0 Å². The molecule has 0 radical (unpaired) electrons. The van der Waals surface area contributed by atoms with Gasteiger partial charge in [-0.3, -0.25) is 9.69 Å². The van der Waals surface area contributed by atoms with Crippen molar-refractivity contribution in [1.29, 1.82) is 0 Å². The van der Waals surface area contributed by atoms with Gasteiger partial charge in [-0.2, -0.15) is 0 Å². The zero-order valence-electron chi connectivity index (χ0n) is 23.8. The lowest BCUT2D eigenvalue weighted by atomic mass is 9.75. The van der Waals surface area contributed by atoms with Crippen LogP contribution in [0, 0.1) is 23.5 Å². The van der Waals surface area contributed by atoms with Gasteiger partial charge in [-0.05, 0) is 50.2 Å². The van der Waals surface area contributed by atoms with Crippen LogP contribution in [-0.4, -0.2) is 77.6 Å². The van der Waals surface area contributed by atoms with Crippen LogP contribution in [0.4, 0.5) is 13.6 Å². The lowest BCUT2D eigenvalue weighted by Gasteiger charge is -2.52. The molecule has 1 atom stereocenters. The zero-order valence-corrected chi connectivity index (χ0v) is 24.6. The summed E-state index contributed by atoms with van der Waals surface area (Å²) in [6, 6.07) is 2.46. The summed E-state index contributed by atoms with van der Waals surface area (Å²) in [4.78, 5) is 32.1. The molecule has 3 aliphatic heterocycles. The van der Waals surface area contributed by atoms with Gasteiger partial charge in [0.2, 0.25) is 0 Å². The molecule has 1 spiro atoms. The number of benzene rings is 1. The Labute approximate surface area is 242 Å². The number of rotatable bonds is 7. The summed E-state index contributed by atoms with van der Waals surface area (Å²) in [5, 5.41) is -0.250. The van der Waals surface area contributed by atoms with Gasteiger partial charge in [0.25, 0.3) is 5.91 Å². The predicted octanol–water partition coefficient (Wildman–Crippen LogP) is 6.90. The lowest BCUT2D eigenvalue weighted by Crippen LogP contribution is -2.61. The van der Waals surface area contributed by atoms with Crippen molar-refractivity contribution >= 4 is 23.6 Å². The summed E-state index contributed by atoms with van der Waals surface area (Å²) in [5.41, 5.74) is -0.954. The van der Waals surface area contributed by atoms with Crippen LogP contribution in [-0.2, 0) is 4.74 Å². The van der Waals surface area contributed by atoms with Crippen molar-refractivity contribution in [3.8, 4) is 0 Å². The highest BCUT2D eigenvalue weighted by Crippen LogP contribution is 2.42. The molecule has 1 unspecified atom stereocenters. The Bertz CT molecular complexity index is 1050. The Morgan fingerprint density at radius 1 is 1.05 bits per heavy atom. The number of hydrogen-bond acceptors (Lipinski definition) is 4. The van der Waals surface area contributed by atoms with Crippen LogP contribution in [0.3, 0.4) is 0 Å². The van der Waals surface area contributed by atoms with Gasteiger partial charge in [0.15, 0.2) is 5.82 Å². The third-order valence-electron chi connectivity index (χ3n) is 10.0. The number of nitrogens with zero attached hydrogens (tertiary/aromatic N) is 3. The minimum Gasteiger partial charge on any atom is -0.442 e. The first-order chi connectivity index (χ1) is 19.3. The molecule has 4 fully saturated rings. The van der Waals surface area contributed by atoms with E-state index in [9.17, 15) is 18.4 Å². The van der Waals surface area contributed by atoms with E-state index in [0.717, 1.165) is 83.3 Å². The number of halogens is 3. The fourth-order valence-corrected chi connectivity index (χ4v) is 7.71. The molecule has 4 aliphatic rings. The molecule has 0 bridgehead atoms. The fraction of sp³-hybridized carbons (Fsp3) is 0.742. The minimum absolute atomic E-state index is 0.126. The van der Waals surface area contributed by atoms with E-state index >= 15 is 0 Å². The van der Waals surface area contributed by atoms with Crippen LogP contribution in [0.5, 0.6) is 0 Å². The van der Waals surface area contributed by atoms with Gasteiger partial charge in [0.1, 0.15) is 17.0 Å². The molecule has 40 heavy (non-hydrogen) atoms. The van der Waals surface area contributed by atoms with E-state index < -0.39 is 23.1 Å². The number of amides is 2. The van der Waals surface area contributed by atoms with Gasteiger partial charge in [0, 0.05) is 64.1 Å². The number of carbonyl (C=O) groups is 2. The van der Waals surface area contributed by atoms with Crippen molar-refractivity contribution in [2.75, 3.05) is 39.3 Å². The molecule has 2 amide bonds. The van der Waals surface area contributed by atoms with E-state index in [1.54, 1.807) is 0 Å². The van der Waals surface area contributed by atoms with Crippen LogP contribution < -0.4 is 0 Å². The second-order valence-corrected chi connectivity index (χ2v) is 12.9. The topological polar surface area (TPSA) is 53.1 Å². The Kier molecular flexibility index (Phi) is 9.56. The Hall–Kier alpha value is -1.93. The summed E-state index contributed by atoms with van der Waals surface area (Å²) in [6.07, 6.45) is 12.7. The number of unbranched alkanes of at least 4 members (excludes halogenated alkanes) is 1. The van der Waals surface area contributed by atoms with Crippen LogP contribution in [0.25, 0.3) is 0 Å². The second kappa shape index (κ2) is 12.9. The maximum Gasteiger partial charge on any atom is 0.410 e. The second-order valence-electron chi connectivity index (χ2n) is 12.5. The van der Waals surface area contributed by atoms with Gasteiger partial charge in [0.05, 0.1) is 5.02 Å². The van der Waals surface area contributed by atoms with Gasteiger partial charge < -0.3 is 14.5 Å². The molecule has 1 aromatic carbocycles. The molecule has 6 nitrogen and oxygen atoms in total. The maximum absolute atomic E-state index is 14.4. The van der Waals surface area contributed by atoms with E-state index in [2.05, 4.69) is 11.8 Å². The molecule has 0 N–H and O–H groups in total. The smallest absolute Gasteiger partial charge is 0.410 e. The molecule has 1 aliphatic carbocycles. The Balaban J connectivity index is 1.17. The van der Waals surface area contributed by atoms with Crippen molar-refractivity contribution in [2.24, 2.45) is 11.8 Å². The van der Waals surface area contributed by atoms with E-state index in [1.165, 1.54) is 37.0 Å². The van der Waals surface area contributed by atoms with Gasteiger partial charge >= 0.3 is 6.09 Å². The monoisotopic (exact) mass is 579 g/mol. The molecule has 1 saturated carbocycles. The number of piperidine rings is 2. The third-order valence-corrected chi connectivity index (χ3v) is 10.3. The van der Waals surface area contributed by atoms with Crippen LogP contribution in [0.1, 0.15) is 94.3 Å². The largest absolute Gasteiger partial charge is 0.442 e. The van der Waals surface area contributed by atoms with Crippen molar-refractivity contribution in [3.63, 3.8) is 0 Å². The number of ether oxygens (including phenoxy) is 1. The standard InChI is InChI=1S/C31H44ClF2N3O3/c1-2-3-9-23-21-37(20-22-7-5-4-6-8-22)30(39)40-31(23)14-18-35(19-15-31)24-12-16-36(17-13-24)29(38)27-26(33)11-10-25(32)28(27)34/h10-11,22-24H,2-9,12-21H2,1H3. The summed E-state index contributed by atoms with van der Waals surface area (Å²) in [6.45, 7) is 6.47. The van der Waals surface area contributed by atoms with Crippen molar-refractivity contribution in [2.45, 2.75) is 95.6 Å². The number of likely N-dealkylation sites (tertiary alicyclic amines) is 2. The van der Waals surface area contributed by atoms with E-state index in [-0.39, 0.29) is 16.7 Å². The average molecular weight is 580 g/mol. The number of carbonyl (C=O) groups excluding carboxylic acids is 2. The van der Waals surface area contributed by atoms with Gasteiger partial charge in [-0.25, -0.2) is 13.6 Å². The first-order valence-corrected chi connectivity index (χ1v) is 15.8. The molecular formula is C31H44ClF2N3O3. The van der Waals surface area contributed by atoms with Gasteiger partial charge in [-0.1, -0.05) is 50.6 Å². The lowest BCUT2D eigenvalue weighted by molar-refractivity contribution is -0.127. The first-order valence-electron chi connectivity index (χ1n) is 15.5. The molecule has 3 saturated heterocycles. The van der Waals surface area contributed by atoms with E-state index in [1.807, 2.05) is 4.90 Å². The Morgan fingerprint density at radius 3 is 2.42 bits per heavy atom. The molecule has 9 heteroatoms. The molecule has 222 valence electrons. The van der Waals surface area contributed by atoms with Crippen LogP contribution >= 0.6 is 11.6 Å². The maximum atomic E-state index is 14.4. The summed E-state index contributed by atoms with van der Waals surface area (Å²) < 4.78 is 35.1. The highest BCUT2D eigenvalue weighted by Gasteiger charge is 2.50. The van der Waals surface area contributed by atoms with Crippen molar-refractivity contribution in [3.05, 3.63) is 34.4 Å². The van der Waals surface area contributed by atoms with E-state index in [4.69, 9.17) is 16.3 Å². The zero-order chi connectivity index (χ0) is 28.3. The molecule has 5 rings (SSSR count).